The first kappa shape index (κ1) is 8.28. The van der Waals surface area contributed by atoms with Crippen LogP contribution in [0.3, 0.4) is 0 Å². The van der Waals surface area contributed by atoms with Gasteiger partial charge in [-0.25, -0.2) is 0 Å². The van der Waals surface area contributed by atoms with Crippen LogP contribution < -0.4 is 4.90 Å². The van der Waals surface area contributed by atoms with Crippen LogP contribution >= 0.6 is 0 Å². The zero-order valence-corrected chi connectivity index (χ0v) is 7.68. The van der Waals surface area contributed by atoms with E-state index in [2.05, 4.69) is 51.0 Å². The third-order valence-corrected chi connectivity index (χ3v) is 1.72. The summed E-state index contributed by atoms with van der Waals surface area (Å²) in [6.45, 7) is 4.25. The Kier molecular flexibility index (Phi) is 2.30. The van der Waals surface area contributed by atoms with Crippen LogP contribution in [0.15, 0.2) is 18.2 Å². The lowest BCUT2D eigenvalue weighted by Gasteiger charge is -2.02. The Morgan fingerprint density at radius 1 is 0.909 bits per heavy atom. The van der Waals surface area contributed by atoms with Gasteiger partial charge in [-0.15, -0.1) is 4.90 Å². The Morgan fingerprint density at radius 2 is 1.36 bits per heavy atom. The number of hydrogen-bond acceptors (Lipinski definition) is 1. The molecular formula is C10H15N+. The highest BCUT2D eigenvalue weighted by Gasteiger charge is 2.05. The van der Waals surface area contributed by atoms with E-state index in [1.807, 2.05) is 0 Å². The van der Waals surface area contributed by atoms with Gasteiger partial charge in [-0.05, 0) is 25.0 Å². The highest BCUT2D eigenvalue weighted by molar-refractivity contribution is 5.44. The number of nitrogens with zero attached hydrogens (tertiary/aromatic N) is 1. The summed E-state index contributed by atoms with van der Waals surface area (Å²) in [5.41, 5.74) is 3.94. The van der Waals surface area contributed by atoms with E-state index in [0.717, 1.165) is 0 Å². The predicted molar refractivity (Wildman–Crippen MR) is 49.6 cm³/mol. The minimum Gasteiger partial charge on any atom is -0.140 e. The molecule has 59 valence electrons. The summed E-state index contributed by atoms with van der Waals surface area (Å²) in [6, 6.07) is 6.56. The van der Waals surface area contributed by atoms with Gasteiger partial charge in [-0.3, -0.25) is 0 Å². The van der Waals surface area contributed by atoms with Gasteiger partial charge < -0.3 is 0 Å². The highest BCUT2D eigenvalue weighted by Crippen LogP contribution is 2.15. The van der Waals surface area contributed by atoms with Crippen molar-refractivity contribution in [2.75, 3.05) is 14.1 Å². The van der Waals surface area contributed by atoms with Crippen molar-refractivity contribution < 1.29 is 0 Å². The Bertz CT molecular complexity index is 231. The first-order chi connectivity index (χ1) is 5.09. The van der Waals surface area contributed by atoms with Crippen molar-refractivity contribution in [3.63, 3.8) is 0 Å². The maximum absolute atomic E-state index is 2.19. The van der Waals surface area contributed by atoms with Crippen molar-refractivity contribution in [3.05, 3.63) is 29.3 Å². The van der Waals surface area contributed by atoms with Crippen molar-refractivity contribution in [2.24, 2.45) is 0 Å². The van der Waals surface area contributed by atoms with Crippen LogP contribution in [0.5, 0.6) is 0 Å². The molecule has 0 atom stereocenters. The standard InChI is InChI=1S/C10H15N/c1-8-5-9(2)7-10(6-8)11(3)4/h5-7H,1-4H3/q+1. The number of aryl methyl sites for hydroxylation is 2. The van der Waals surface area contributed by atoms with Gasteiger partial charge >= 0.3 is 0 Å². The first-order valence-corrected chi connectivity index (χ1v) is 3.85. The summed E-state index contributed by atoms with van der Waals surface area (Å²) in [5.74, 6) is 0. The molecule has 0 fully saturated rings. The summed E-state index contributed by atoms with van der Waals surface area (Å²) in [7, 11) is 4.13. The minimum absolute atomic E-state index is 1.28. The van der Waals surface area contributed by atoms with Gasteiger partial charge in [0.25, 0.3) is 0 Å². The largest absolute Gasteiger partial charge is 0.180 e. The molecule has 1 radical (unpaired) electrons. The van der Waals surface area contributed by atoms with Gasteiger partial charge in [0.05, 0.1) is 0 Å². The molecule has 0 amide bonds. The second-order valence-corrected chi connectivity index (χ2v) is 3.24. The Hall–Kier alpha value is -0.820. The third kappa shape index (κ3) is 2.05. The summed E-state index contributed by atoms with van der Waals surface area (Å²) >= 11 is 0. The fraction of sp³-hybridized carbons (Fsp3) is 0.400. The van der Waals surface area contributed by atoms with Crippen molar-refractivity contribution >= 4 is 5.69 Å². The molecule has 0 unspecified atom stereocenters. The van der Waals surface area contributed by atoms with E-state index in [0.29, 0.717) is 0 Å². The van der Waals surface area contributed by atoms with E-state index < -0.39 is 0 Å². The molecule has 0 saturated carbocycles. The minimum atomic E-state index is 1.28. The smallest absolute Gasteiger partial charge is 0.140 e. The van der Waals surface area contributed by atoms with Crippen molar-refractivity contribution in [2.45, 2.75) is 13.8 Å². The quantitative estimate of drug-likeness (QED) is 0.540. The second-order valence-electron chi connectivity index (χ2n) is 3.24. The van der Waals surface area contributed by atoms with Gasteiger partial charge in [-0.2, -0.15) is 0 Å². The molecular weight excluding hydrogens is 134 g/mol. The number of hydrogen-bond donors (Lipinski definition) is 0. The molecule has 0 bridgehead atoms. The summed E-state index contributed by atoms with van der Waals surface area (Å²) in [6.07, 6.45) is 0. The average molecular weight is 149 g/mol. The summed E-state index contributed by atoms with van der Waals surface area (Å²) in [4.78, 5) is 2.12. The van der Waals surface area contributed by atoms with Crippen LogP contribution in [0, 0.1) is 13.8 Å². The number of benzene rings is 1. The van der Waals surface area contributed by atoms with Gasteiger partial charge in [0.1, 0.15) is 14.1 Å². The monoisotopic (exact) mass is 149 g/mol. The van der Waals surface area contributed by atoms with E-state index in [1.165, 1.54) is 16.8 Å². The van der Waals surface area contributed by atoms with E-state index in [4.69, 9.17) is 0 Å². The molecule has 1 rings (SSSR count). The van der Waals surface area contributed by atoms with Crippen LogP contribution in [0.1, 0.15) is 11.1 Å². The topological polar surface area (TPSA) is 5.90 Å². The SMILES string of the molecule is Cc1cc(C)cc([N+](C)C)c1. The third-order valence-electron chi connectivity index (χ3n) is 1.72. The average Bonchev–Trinajstić information content (AvgIpc) is 1.85. The zero-order valence-electron chi connectivity index (χ0n) is 7.68. The fourth-order valence-corrected chi connectivity index (χ4v) is 1.21. The molecule has 0 heterocycles. The van der Waals surface area contributed by atoms with Crippen LogP contribution in [-0.4, -0.2) is 14.1 Å². The van der Waals surface area contributed by atoms with Crippen molar-refractivity contribution in [1.29, 1.82) is 0 Å². The van der Waals surface area contributed by atoms with E-state index >= 15 is 0 Å². The van der Waals surface area contributed by atoms with Gasteiger partial charge in [0.15, 0.2) is 5.69 Å². The predicted octanol–water partition coefficient (Wildman–Crippen LogP) is 2.33. The van der Waals surface area contributed by atoms with Crippen LogP contribution in [0.2, 0.25) is 0 Å². The molecule has 1 nitrogen and oxygen atoms in total. The second kappa shape index (κ2) is 3.05. The van der Waals surface area contributed by atoms with Crippen LogP contribution in [0.4, 0.5) is 5.69 Å². The highest BCUT2D eigenvalue weighted by atomic mass is 15.1. The first-order valence-electron chi connectivity index (χ1n) is 3.85. The normalized spacial score (nSPS) is 10.6. The summed E-state index contributed by atoms with van der Waals surface area (Å²) < 4.78 is 0. The molecule has 11 heavy (non-hydrogen) atoms. The maximum Gasteiger partial charge on any atom is 0.180 e. The van der Waals surface area contributed by atoms with Gasteiger partial charge in [0, 0.05) is 12.1 Å². The van der Waals surface area contributed by atoms with Gasteiger partial charge in [0.2, 0.25) is 0 Å². The van der Waals surface area contributed by atoms with Crippen molar-refractivity contribution in [1.82, 2.24) is 4.90 Å². The lowest BCUT2D eigenvalue weighted by atomic mass is 10.1. The van der Waals surface area contributed by atoms with E-state index in [-0.39, 0.29) is 0 Å². The Balaban J connectivity index is 3.08. The molecule has 0 spiro atoms. The molecule has 1 aromatic carbocycles. The number of anilines is 1. The van der Waals surface area contributed by atoms with Gasteiger partial charge in [-0.1, -0.05) is 6.07 Å². The lowest BCUT2D eigenvalue weighted by molar-refractivity contribution is 0.761. The molecule has 0 aromatic heterocycles. The van der Waals surface area contributed by atoms with E-state index in [9.17, 15) is 0 Å². The van der Waals surface area contributed by atoms with Crippen LogP contribution in [-0.2, 0) is 0 Å². The molecule has 1 heteroatoms. The zero-order chi connectivity index (χ0) is 8.43. The molecule has 0 aliphatic rings. The molecule has 1 aromatic rings. The van der Waals surface area contributed by atoms with E-state index in [1.54, 1.807) is 0 Å². The molecule has 0 N–H and O–H groups in total. The Morgan fingerprint density at radius 3 is 1.73 bits per heavy atom. The van der Waals surface area contributed by atoms with Crippen molar-refractivity contribution in [3.8, 4) is 0 Å². The van der Waals surface area contributed by atoms with Crippen LogP contribution in [0.25, 0.3) is 0 Å². The maximum atomic E-state index is 2.19. The Labute approximate surface area is 68.7 Å². The number of rotatable bonds is 1. The summed E-state index contributed by atoms with van der Waals surface area (Å²) in [5, 5.41) is 0. The lowest BCUT2D eigenvalue weighted by Crippen LogP contribution is -2.10. The molecule has 0 aliphatic carbocycles. The molecule has 0 saturated heterocycles. The molecule has 0 aliphatic heterocycles. The fourth-order valence-electron chi connectivity index (χ4n) is 1.21.